The highest BCUT2D eigenvalue weighted by molar-refractivity contribution is 7.92. The molecule has 1 N–H and O–H groups in total. The van der Waals surface area contributed by atoms with E-state index in [9.17, 15) is 13.2 Å². The van der Waals surface area contributed by atoms with E-state index in [0.29, 0.717) is 30.4 Å². The molecule has 2 atom stereocenters. The Morgan fingerprint density at radius 1 is 0.969 bits per heavy atom. The standard InChI is InChI=1S/C24H30N2O5S/c1-16(19-9-8-18-6-4-5-7-20(18)14-19)25-24(27)17(2)26(32(3,28)29)21-10-11-22-23(15-21)31-13-12-30-22/h8-11,14-17H,4-7,12-13H2,1-3H3,(H,25,27)/t16-,17-/m1/s1. The third kappa shape index (κ3) is 4.70. The van der Waals surface area contributed by atoms with Crippen molar-refractivity contribution in [1.82, 2.24) is 5.32 Å². The summed E-state index contributed by atoms with van der Waals surface area (Å²) in [7, 11) is -3.73. The Hall–Kier alpha value is -2.74. The smallest absolute Gasteiger partial charge is 0.244 e. The van der Waals surface area contributed by atoms with E-state index in [4.69, 9.17) is 9.47 Å². The second kappa shape index (κ2) is 9.02. The summed E-state index contributed by atoms with van der Waals surface area (Å²) < 4.78 is 37.5. The Morgan fingerprint density at radius 2 is 1.66 bits per heavy atom. The number of fused-ring (bicyclic) bond motifs is 2. The molecule has 0 aromatic heterocycles. The van der Waals surface area contributed by atoms with Gasteiger partial charge in [-0.1, -0.05) is 18.2 Å². The molecule has 32 heavy (non-hydrogen) atoms. The van der Waals surface area contributed by atoms with E-state index >= 15 is 0 Å². The molecule has 0 unspecified atom stereocenters. The second-order valence-electron chi connectivity index (χ2n) is 8.53. The van der Waals surface area contributed by atoms with Crippen molar-refractivity contribution in [2.75, 3.05) is 23.8 Å². The van der Waals surface area contributed by atoms with Gasteiger partial charge < -0.3 is 14.8 Å². The van der Waals surface area contributed by atoms with Crippen molar-refractivity contribution < 1.29 is 22.7 Å². The number of aryl methyl sites for hydroxylation is 2. The van der Waals surface area contributed by atoms with Crippen LogP contribution in [0.5, 0.6) is 11.5 Å². The first-order valence-corrected chi connectivity index (χ1v) is 12.9. The third-order valence-corrected chi connectivity index (χ3v) is 7.34. The minimum atomic E-state index is -3.73. The normalized spacial score (nSPS) is 17.1. The summed E-state index contributed by atoms with van der Waals surface area (Å²) >= 11 is 0. The van der Waals surface area contributed by atoms with Crippen molar-refractivity contribution in [3.8, 4) is 11.5 Å². The first-order valence-electron chi connectivity index (χ1n) is 11.0. The zero-order chi connectivity index (χ0) is 22.9. The van der Waals surface area contributed by atoms with E-state index in [2.05, 4.69) is 23.5 Å². The fraction of sp³-hybridized carbons (Fsp3) is 0.458. The zero-order valence-electron chi connectivity index (χ0n) is 18.8. The van der Waals surface area contributed by atoms with Gasteiger partial charge in [-0.25, -0.2) is 8.42 Å². The molecule has 2 aromatic rings. The van der Waals surface area contributed by atoms with Crippen molar-refractivity contribution in [3.63, 3.8) is 0 Å². The molecule has 1 amide bonds. The van der Waals surface area contributed by atoms with Crippen LogP contribution in [0.4, 0.5) is 5.69 Å². The minimum absolute atomic E-state index is 0.237. The number of anilines is 1. The summed E-state index contributed by atoms with van der Waals surface area (Å²) in [5.74, 6) is 0.666. The molecule has 0 saturated heterocycles. The van der Waals surface area contributed by atoms with Crippen molar-refractivity contribution in [2.24, 2.45) is 0 Å². The monoisotopic (exact) mass is 458 g/mol. The average molecular weight is 459 g/mol. The zero-order valence-corrected chi connectivity index (χ0v) is 19.6. The molecule has 0 bridgehead atoms. The molecule has 0 saturated carbocycles. The highest BCUT2D eigenvalue weighted by Crippen LogP contribution is 2.35. The fourth-order valence-corrected chi connectivity index (χ4v) is 5.58. The molecule has 0 spiro atoms. The number of hydrogen-bond donors (Lipinski definition) is 1. The second-order valence-corrected chi connectivity index (χ2v) is 10.4. The van der Waals surface area contributed by atoms with Gasteiger partial charge in [0.05, 0.1) is 18.0 Å². The van der Waals surface area contributed by atoms with E-state index in [-0.39, 0.29) is 11.9 Å². The molecule has 2 aromatic carbocycles. The Labute approximate surface area is 189 Å². The lowest BCUT2D eigenvalue weighted by Crippen LogP contribution is -2.48. The van der Waals surface area contributed by atoms with Crippen LogP contribution in [-0.2, 0) is 27.7 Å². The van der Waals surface area contributed by atoms with E-state index in [0.717, 1.165) is 29.0 Å². The first kappa shape index (κ1) is 22.5. The van der Waals surface area contributed by atoms with E-state index in [1.165, 1.54) is 24.0 Å². The number of nitrogens with zero attached hydrogens (tertiary/aromatic N) is 1. The van der Waals surface area contributed by atoms with Gasteiger partial charge in [-0.2, -0.15) is 0 Å². The van der Waals surface area contributed by atoms with Crippen LogP contribution in [0.15, 0.2) is 36.4 Å². The van der Waals surface area contributed by atoms with Gasteiger partial charge in [-0.3, -0.25) is 9.10 Å². The number of carbonyl (C=O) groups excluding carboxylic acids is 1. The van der Waals surface area contributed by atoms with Gasteiger partial charge in [0.2, 0.25) is 15.9 Å². The molecular weight excluding hydrogens is 428 g/mol. The molecule has 0 fully saturated rings. The van der Waals surface area contributed by atoms with Crippen LogP contribution < -0.4 is 19.1 Å². The SMILES string of the molecule is C[C@H](C(=O)N[C@H](C)c1ccc2c(c1)CCCC2)N(c1ccc2c(c1)OCCO2)S(C)(=O)=O. The summed E-state index contributed by atoms with van der Waals surface area (Å²) in [6, 6.07) is 10.1. The maximum Gasteiger partial charge on any atom is 0.244 e. The maximum absolute atomic E-state index is 13.1. The number of sulfonamides is 1. The number of ether oxygens (including phenoxy) is 2. The van der Waals surface area contributed by atoms with Gasteiger partial charge in [0, 0.05) is 6.07 Å². The molecule has 172 valence electrons. The lowest BCUT2D eigenvalue weighted by Gasteiger charge is -2.30. The van der Waals surface area contributed by atoms with Crippen LogP contribution in [0.25, 0.3) is 0 Å². The molecule has 4 rings (SSSR count). The number of hydrogen-bond acceptors (Lipinski definition) is 5. The van der Waals surface area contributed by atoms with E-state index in [1.54, 1.807) is 25.1 Å². The number of benzene rings is 2. The van der Waals surface area contributed by atoms with Crippen molar-refractivity contribution >= 4 is 21.6 Å². The summed E-state index contributed by atoms with van der Waals surface area (Å²) in [6.45, 7) is 4.35. The van der Waals surface area contributed by atoms with Crippen molar-refractivity contribution in [1.29, 1.82) is 0 Å². The molecular formula is C24H30N2O5S. The van der Waals surface area contributed by atoms with Crippen molar-refractivity contribution in [2.45, 2.75) is 51.6 Å². The van der Waals surface area contributed by atoms with E-state index in [1.807, 2.05) is 6.92 Å². The largest absolute Gasteiger partial charge is 0.486 e. The van der Waals surface area contributed by atoms with Gasteiger partial charge in [0.25, 0.3) is 0 Å². The number of nitrogens with one attached hydrogen (secondary N) is 1. The lowest BCUT2D eigenvalue weighted by molar-refractivity contribution is -0.122. The lowest BCUT2D eigenvalue weighted by atomic mass is 9.89. The predicted octanol–water partition coefficient (Wildman–Crippen LogP) is 3.37. The van der Waals surface area contributed by atoms with Gasteiger partial charge >= 0.3 is 0 Å². The molecule has 1 aliphatic carbocycles. The van der Waals surface area contributed by atoms with Gasteiger partial charge in [-0.15, -0.1) is 0 Å². The summed E-state index contributed by atoms with van der Waals surface area (Å²) in [5.41, 5.74) is 4.11. The third-order valence-electron chi connectivity index (χ3n) is 6.10. The van der Waals surface area contributed by atoms with Crippen LogP contribution in [0, 0.1) is 0 Å². The quantitative estimate of drug-likeness (QED) is 0.718. The highest BCUT2D eigenvalue weighted by atomic mass is 32.2. The molecule has 1 aliphatic heterocycles. The van der Waals surface area contributed by atoms with E-state index < -0.39 is 16.1 Å². The van der Waals surface area contributed by atoms with Gasteiger partial charge in [0.1, 0.15) is 19.3 Å². The van der Waals surface area contributed by atoms with Gasteiger partial charge in [-0.05, 0) is 68.4 Å². The van der Waals surface area contributed by atoms with Gasteiger partial charge in [0.15, 0.2) is 11.5 Å². The molecule has 1 heterocycles. The van der Waals surface area contributed by atoms with Crippen LogP contribution in [0.2, 0.25) is 0 Å². The molecule has 8 heteroatoms. The molecule has 2 aliphatic rings. The van der Waals surface area contributed by atoms with Crippen LogP contribution in [-0.4, -0.2) is 39.8 Å². The number of carbonyl (C=O) groups is 1. The van der Waals surface area contributed by atoms with Crippen molar-refractivity contribution in [3.05, 3.63) is 53.1 Å². The first-order chi connectivity index (χ1) is 15.2. The summed E-state index contributed by atoms with van der Waals surface area (Å²) in [5, 5.41) is 2.99. The van der Waals surface area contributed by atoms with Crippen LogP contribution in [0.1, 0.15) is 49.4 Å². The molecule has 7 nitrogen and oxygen atoms in total. The predicted molar refractivity (Wildman–Crippen MR) is 124 cm³/mol. The Morgan fingerprint density at radius 3 is 2.38 bits per heavy atom. The number of rotatable bonds is 6. The Balaban J connectivity index is 1.54. The Kier molecular flexibility index (Phi) is 6.33. The average Bonchev–Trinajstić information content (AvgIpc) is 2.77. The Bertz CT molecular complexity index is 1120. The summed E-state index contributed by atoms with van der Waals surface area (Å²) in [6.07, 6.45) is 5.67. The summed E-state index contributed by atoms with van der Waals surface area (Å²) in [4.78, 5) is 13.1. The van der Waals surface area contributed by atoms with Crippen LogP contribution >= 0.6 is 0 Å². The highest BCUT2D eigenvalue weighted by Gasteiger charge is 2.31. The fourth-order valence-electron chi connectivity index (χ4n) is 4.42. The minimum Gasteiger partial charge on any atom is -0.486 e. The maximum atomic E-state index is 13.1. The van der Waals surface area contributed by atoms with Crippen LogP contribution in [0.3, 0.4) is 0 Å². The molecule has 0 radical (unpaired) electrons. The topological polar surface area (TPSA) is 84.9 Å². The number of amides is 1.